The molecule has 0 bridgehead atoms. The molecular formula is C41H32N4O3. The van der Waals surface area contributed by atoms with Crippen LogP contribution in [-0.2, 0) is 0 Å². The third-order valence-electron chi connectivity index (χ3n) is 8.50. The van der Waals surface area contributed by atoms with Crippen LogP contribution in [0.5, 0.6) is 28.7 Å². The van der Waals surface area contributed by atoms with Crippen molar-refractivity contribution in [3.63, 3.8) is 0 Å². The second kappa shape index (κ2) is 12.1. The number of pyridine rings is 1. The van der Waals surface area contributed by atoms with E-state index in [-0.39, 0.29) is 0 Å². The van der Waals surface area contributed by atoms with Gasteiger partial charge in [0, 0.05) is 46.9 Å². The molecular weight excluding hydrogens is 596 g/mol. The Labute approximate surface area is 278 Å². The molecule has 0 saturated heterocycles. The average Bonchev–Trinajstić information content (AvgIpc) is 3.72. The van der Waals surface area contributed by atoms with E-state index >= 15 is 0 Å². The summed E-state index contributed by atoms with van der Waals surface area (Å²) in [7, 11) is 1.66. The van der Waals surface area contributed by atoms with Crippen molar-refractivity contribution in [2.75, 3.05) is 7.11 Å². The Balaban J connectivity index is 1.09. The standard InChI is InChI=1S/C41H32N4O3/c1-27-20-35(47-31-11-5-4-6-12-31)21-28(2)41(27)29-25-43-44(26-29)30-10-9-13-33(22-30)48-34-16-17-37-36-14-7-8-15-38(36)45(39(37)23-34)40-24-32(46-3)18-19-42-40/h4-26H,1-3H3. The van der Waals surface area contributed by atoms with Gasteiger partial charge in [-0.2, -0.15) is 5.10 Å². The molecule has 0 aliphatic carbocycles. The highest BCUT2D eigenvalue weighted by molar-refractivity contribution is 6.09. The smallest absolute Gasteiger partial charge is 0.141 e. The normalized spacial score (nSPS) is 11.2. The van der Waals surface area contributed by atoms with Crippen LogP contribution >= 0.6 is 0 Å². The molecule has 7 nitrogen and oxygen atoms in total. The molecule has 48 heavy (non-hydrogen) atoms. The van der Waals surface area contributed by atoms with E-state index in [2.05, 4.69) is 72.1 Å². The molecule has 3 heterocycles. The highest BCUT2D eigenvalue weighted by atomic mass is 16.5. The van der Waals surface area contributed by atoms with Gasteiger partial charge in [0.1, 0.15) is 34.6 Å². The Morgan fingerprint density at radius 1 is 0.583 bits per heavy atom. The van der Waals surface area contributed by atoms with Crippen molar-refractivity contribution >= 4 is 21.8 Å². The minimum atomic E-state index is 0.709. The SMILES string of the molecule is COc1ccnc(-n2c3ccccc3c3ccc(Oc4cccc(-n5cc(-c6c(C)cc(Oc7ccccc7)cc6C)cn5)c4)cc32)c1. The van der Waals surface area contributed by atoms with Crippen LogP contribution in [0, 0.1) is 13.8 Å². The van der Waals surface area contributed by atoms with Crippen molar-refractivity contribution in [3.8, 4) is 51.4 Å². The molecule has 0 fully saturated rings. The van der Waals surface area contributed by atoms with Crippen molar-refractivity contribution in [2.24, 2.45) is 0 Å². The topological polar surface area (TPSA) is 63.3 Å². The van der Waals surface area contributed by atoms with Crippen molar-refractivity contribution in [3.05, 3.63) is 151 Å². The molecule has 234 valence electrons. The van der Waals surface area contributed by atoms with Gasteiger partial charge in [0.2, 0.25) is 0 Å². The number of fused-ring (bicyclic) bond motifs is 3. The number of aromatic nitrogens is 4. The fraction of sp³-hybridized carbons (Fsp3) is 0.0732. The van der Waals surface area contributed by atoms with E-state index in [0.717, 1.165) is 78.6 Å². The minimum absolute atomic E-state index is 0.709. The summed E-state index contributed by atoms with van der Waals surface area (Å²) in [5.41, 5.74) is 7.37. The van der Waals surface area contributed by atoms with Crippen LogP contribution < -0.4 is 14.2 Å². The number of aryl methyl sites for hydroxylation is 2. The minimum Gasteiger partial charge on any atom is -0.497 e. The molecule has 0 N–H and O–H groups in total. The summed E-state index contributed by atoms with van der Waals surface area (Å²) >= 11 is 0. The summed E-state index contributed by atoms with van der Waals surface area (Å²) in [6.45, 7) is 4.21. The van der Waals surface area contributed by atoms with Gasteiger partial charge in [-0.1, -0.05) is 42.5 Å². The van der Waals surface area contributed by atoms with Crippen LogP contribution in [0.4, 0.5) is 0 Å². The van der Waals surface area contributed by atoms with Gasteiger partial charge in [-0.05, 0) is 91.2 Å². The van der Waals surface area contributed by atoms with Crippen LogP contribution in [0.15, 0.2) is 140 Å². The maximum absolute atomic E-state index is 6.46. The first-order chi connectivity index (χ1) is 23.5. The summed E-state index contributed by atoms with van der Waals surface area (Å²) < 4.78 is 22.1. The molecule has 0 radical (unpaired) electrons. The van der Waals surface area contributed by atoms with E-state index in [9.17, 15) is 0 Å². The number of ether oxygens (including phenoxy) is 3. The van der Waals surface area contributed by atoms with E-state index in [4.69, 9.17) is 19.3 Å². The predicted molar refractivity (Wildman–Crippen MR) is 190 cm³/mol. The van der Waals surface area contributed by atoms with Gasteiger partial charge < -0.3 is 14.2 Å². The lowest BCUT2D eigenvalue weighted by atomic mass is 9.98. The largest absolute Gasteiger partial charge is 0.497 e. The Kier molecular flexibility index (Phi) is 7.34. The van der Waals surface area contributed by atoms with E-state index in [1.807, 2.05) is 89.7 Å². The zero-order valence-corrected chi connectivity index (χ0v) is 26.8. The lowest BCUT2D eigenvalue weighted by Crippen LogP contribution is -1.98. The average molecular weight is 629 g/mol. The van der Waals surface area contributed by atoms with Crippen molar-refractivity contribution in [1.82, 2.24) is 19.3 Å². The van der Waals surface area contributed by atoms with Crippen molar-refractivity contribution in [1.29, 1.82) is 0 Å². The van der Waals surface area contributed by atoms with Gasteiger partial charge in [-0.3, -0.25) is 4.57 Å². The number of hydrogen-bond donors (Lipinski definition) is 0. The zero-order chi connectivity index (χ0) is 32.6. The van der Waals surface area contributed by atoms with Gasteiger partial charge in [-0.15, -0.1) is 0 Å². The predicted octanol–water partition coefficient (Wildman–Crippen LogP) is 10.2. The van der Waals surface area contributed by atoms with Crippen LogP contribution in [0.2, 0.25) is 0 Å². The Hall–Kier alpha value is -6.34. The quantitative estimate of drug-likeness (QED) is 0.168. The molecule has 0 saturated carbocycles. The maximum atomic E-state index is 6.46. The van der Waals surface area contributed by atoms with E-state index < -0.39 is 0 Å². The van der Waals surface area contributed by atoms with E-state index in [1.54, 1.807) is 13.3 Å². The number of benzene rings is 5. The van der Waals surface area contributed by atoms with Gasteiger partial charge in [0.25, 0.3) is 0 Å². The van der Waals surface area contributed by atoms with Crippen LogP contribution in [0.3, 0.4) is 0 Å². The Morgan fingerprint density at radius 3 is 2.15 bits per heavy atom. The molecule has 8 aromatic rings. The first kappa shape index (κ1) is 29.1. The second-order valence-corrected chi connectivity index (χ2v) is 11.7. The lowest BCUT2D eigenvalue weighted by molar-refractivity contribution is 0.414. The van der Waals surface area contributed by atoms with Gasteiger partial charge in [0.05, 0.1) is 30.0 Å². The van der Waals surface area contributed by atoms with Gasteiger partial charge >= 0.3 is 0 Å². The van der Waals surface area contributed by atoms with E-state index in [0.29, 0.717) is 5.75 Å². The summed E-state index contributed by atoms with van der Waals surface area (Å²) in [6, 6.07) is 40.2. The number of methoxy groups -OCH3 is 1. The highest BCUT2D eigenvalue weighted by Crippen LogP contribution is 2.36. The first-order valence-electron chi connectivity index (χ1n) is 15.8. The highest BCUT2D eigenvalue weighted by Gasteiger charge is 2.16. The fourth-order valence-corrected chi connectivity index (χ4v) is 6.39. The molecule has 7 heteroatoms. The number of rotatable bonds is 8. The second-order valence-electron chi connectivity index (χ2n) is 11.7. The first-order valence-corrected chi connectivity index (χ1v) is 15.8. The summed E-state index contributed by atoms with van der Waals surface area (Å²) in [5.74, 6) is 4.58. The van der Waals surface area contributed by atoms with Crippen molar-refractivity contribution in [2.45, 2.75) is 13.8 Å². The summed E-state index contributed by atoms with van der Waals surface area (Å²) in [4.78, 5) is 4.67. The molecule has 0 aliphatic rings. The van der Waals surface area contributed by atoms with Crippen molar-refractivity contribution < 1.29 is 14.2 Å². The lowest BCUT2D eigenvalue weighted by Gasteiger charge is -2.12. The van der Waals surface area contributed by atoms with Crippen LogP contribution in [0.1, 0.15) is 11.1 Å². The molecule has 0 spiro atoms. The van der Waals surface area contributed by atoms with Crippen LogP contribution in [-0.4, -0.2) is 26.4 Å². The van der Waals surface area contributed by atoms with Gasteiger partial charge in [-0.25, -0.2) is 9.67 Å². The third-order valence-corrected chi connectivity index (χ3v) is 8.50. The molecule has 8 rings (SSSR count). The van der Waals surface area contributed by atoms with Crippen LogP contribution in [0.25, 0.3) is 44.4 Å². The molecule has 3 aromatic heterocycles. The number of para-hydroxylation sites is 2. The zero-order valence-electron chi connectivity index (χ0n) is 26.8. The Morgan fingerprint density at radius 2 is 1.31 bits per heavy atom. The monoisotopic (exact) mass is 628 g/mol. The van der Waals surface area contributed by atoms with E-state index in [1.165, 1.54) is 0 Å². The Bertz CT molecular complexity index is 2400. The summed E-state index contributed by atoms with van der Waals surface area (Å²) in [6.07, 6.45) is 5.72. The molecule has 0 atom stereocenters. The number of hydrogen-bond acceptors (Lipinski definition) is 5. The molecule has 0 amide bonds. The molecule has 0 unspecified atom stereocenters. The molecule has 0 aliphatic heterocycles. The third kappa shape index (κ3) is 5.41. The summed E-state index contributed by atoms with van der Waals surface area (Å²) in [5, 5.41) is 6.98. The molecule has 5 aromatic carbocycles. The van der Waals surface area contributed by atoms with Gasteiger partial charge in [0.15, 0.2) is 0 Å². The fourth-order valence-electron chi connectivity index (χ4n) is 6.39. The maximum Gasteiger partial charge on any atom is 0.141 e. The number of nitrogens with zero attached hydrogens (tertiary/aromatic N) is 4.